The van der Waals surface area contributed by atoms with E-state index in [1.165, 1.54) is 29.3 Å². The van der Waals surface area contributed by atoms with Crippen LogP contribution in [0.2, 0.25) is 0 Å². The van der Waals surface area contributed by atoms with Crippen LogP contribution in [0.3, 0.4) is 0 Å². The van der Waals surface area contributed by atoms with E-state index < -0.39 is 0 Å². The van der Waals surface area contributed by atoms with E-state index >= 15 is 0 Å². The molecule has 0 saturated carbocycles. The maximum Gasteiger partial charge on any atom is 0.322 e. The number of carbonyl (C=O) groups is 2. The minimum atomic E-state index is -0.332. The molecule has 3 aromatic heterocycles. The van der Waals surface area contributed by atoms with Crippen LogP contribution < -0.4 is 15.4 Å². The third kappa shape index (κ3) is 4.06. The van der Waals surface area contributed by atoms with E-state index in [9.17, 15) is 14.9 Å². The van der Waals surface area contributed by atoms with Crippen molar-refractivity contribution in [3.8, 4) is 11.9 Å². The van der Waals surface area contributed by atoms with E-state index in [2.05, 4.69) is 26.8 Å². The molecular formula is C20H19N7O3S. The molecule has 3 aromatic rings. The van der Waals surface area contributed by atoms with Crippen LogP contribution in [-0.4, -0.2) is 45.3 Å². The quantitative estimate of drug-likeness (QED) is 0.646. The fourth-order valence-corrected chi connectivity index (χ4v) is 4.55. The van der Waals surface area contributed by atoms with Crippen molar-refractivity contribution >= 4 is 34.0 Å². The van der Waals surface area contributed by atoms with Crippen LogP contribution >= 0.6 is 11.3 Å². The third-order valence-electron chi connectivity index (χ3n) is 4.86. The van der Waals surface area contributed by atoms with Crippen molar-refractivity contribution in [2.24, 2.45) is 7.05 Å². The summed E-state index contributed by atoms with van der Waals surface area (Å²) in [6, 6.07) is 5.33. The zero-order valence-electron chi connectivity index (χ0n) is 16.9. The number of rotatable bonds is 4. The Morgan fingerprint density at radius 3 is 2.90 bits per heavy atom. The van der Waals surface area contributed by atoms with Gasteiger partial charge in [-0.3, -0.25) is 9.48 Å². The third-order valence-corrected chi connectivity index (χ3v) is 5.99. The Hall–Kier alpha value is -3.91. The smallest absolute Gasteiger partial charge is 0.322 e. The molecule has 158 valence electrons. The number of methoxy groups -OCH3 is 1. The first-order chi connectivity index (χ1) is 15.0. The number of ether oxygens (including phenoxy) is 1. The number of pyridine rings is 1. The molecule has 2 N–H and O–H groups in total. The number of nitrogens with zero attached hydrogens (tertiary/aromatic N) is 5. The van der Waals surface area contributed by atoms with Gasteiger partial charge in [0.2, 0.25) is 5.88 Å². The van der Waals surface area contributed by atoms with E-state index in [4.69, 9.17) is 4.74 Å². The van der Waals surface area contributed by atoms with E-state index in [-0.39, 0.29) is 11.9 Å². The van der Waals surface area contributed by atoms with E-state index in [0.29, 0.717) is 47.2 Å². The summed E-state index contributed by atoms with van der Waals surface area (Å²) in [5.74, 6) is -0.00157. The molecule has 0 unspecified atom stereocenters. The second kappa shape index (κ2) is 8.45. The normalized spacial score (nSPS) is 12.6. The number of thiophene rings is 1. The minimum Gasteiger partial charge on any atom is -0.480 e. The highest BCUT2D eigenvalue weighted by molar-refractivity contribution is 7.16. The highest BCUT2D eigenvalue weighted by Crippen LogP contribution is 2.37. The molecule has 4 rings (SSSR count). The first-order valence-corrected chi connectivity index (χ1v) is 10.2. The number of anilines is 2. The van der Waals surface area contributed by atoms with Crippen molar-refractivity contribution in [2.45, 2.75) is 13.0 Å². The highest BCUT2D eigenvalue weighted by Gasteiger charge is 2.28. The number of aromatic nitrogens is 3. The Kier molecular flexibility index (Phi) is 5.55. The zero-order chi connectivity index (χ0) is 22.0. The van der Waals surface area contributed by atoms with Gasteiger partial charge in [-0.2, -0.15) is 10.4 Å². The summed E-state index contributed by atoms with van der Waals surface area (Å²) in [5, 5.41) is 19.8. The molecule has 1 aliphatic rings. The Morgan fingerprint density at radius 2 is 2.19 bits per heavy atom. The summed E-state index contributed by atoms with van der Waals surface area (Å²) < 4.78 is 6.71. The average Bonchev–Trinajstić information content (AvgIpc) is 3.36. The second-order valence-electron chi connectivity index (χ2n) is 6.84. The molecule has 11 heteroatoms. The highest BCUT2D eigenvalue weighted by atomic mass is 32.1. The van der Waals surface area contributed by atoms with Crippen LogP contribution in [0.5, 0.6) is 5.88 Å². The van der Waals surface area contributed by atoms with Gasteiger partial charge >= 0.3 is 6.03 Å². The summed E-state index contributed by atoms with van der Waals surface area (Å²) in [7, 11) is 3.21. The molecule has 0 spiro atoms. The van der Waals surface area contributed by atoms with Gasteiger partial charge in [-0.1, -0.05) is 0 Å². The summed E-state index contributed by atoms with van der Waals surface area (Å²) in [6.45, 7) is 0.786. The molecule has 0 saturated heterocycles. The molecule has 0 radical (unpaired) electrons. The van der Waals surface area contributed by atoms with Crippen LogP contribution in [0, 0.1) is 11.3 Å². The molecule has 10 nitrogen and oxygen atoms in total. The van der Waals surface area contributed by atoms with Crippen molar-refractivity contribution in [1.29, 1.82) is 5.26 Å². The van der Waals surface area contributed by atoms with Crippen molar-refractivity contribution in [3.63, 3.8) is 0 Å². The molecule has 0 bridgehead atoms. The molecule has 0 aromatic carbocycles. The standard InChI is InChI=1S/C20H19N7O3S/c1-26-10-12(9-23-26)17(28)25-19-14(8-21)13-5-7-27(11-16(13)31-19)20(29)24-15-4-3-6-22-18(15)30-2/h3-4,6,9-10H,5,7,11H2,1-2H3,(H,24,29)(H,25,28). The van der Waals surface area contributed by atoms with Crippen LogP contribution in [0.4, 0.5) is 15.5 Å². The van der Waals surface area contributed by atoms with Crippen LogP contribution in [0.1, 0.15) is 26.4 Å². The van der Waals surface area contributed by atoms with Gasteiger partial charge in [0.15, 0.2) is 0 Å². The van der Waals surface area contributed by atoms with Gasteiger partial charge in [0.25, 0.3) is 5.91 Å². The fraction of sp³-hybridized carbons (Fsp3) is 0.250. The Labute approximate surface area is 182 Å². The lowest BCUT2D eigenvalue weighted by Gasteiger charge is -2.27. The van der Waals surface area contributed by atoms with Crippen LogP contribution in [0.25, 0.3) is 0 Å². The van der Waals surface area contributed by atoms with Gasteiger partial charge in [0.1, 0.15) is 16.8 Å². The molecule has 1 aliphatic heterocycles. The number of carbonyl (C=O) groups excluding carboxylic acids is 2. The largest absolute Gasteiger partial charge is 0.480 e. The number of nitriles is 1. The monoisotopic (exact) mass is 437 g/mol. The Balaban J connectivity index is 1.51. The number of urea groups is 1. The van der Waals surface area contributed by atoms with Crippen molar-refractivity contribution in [3.05, 3.63) is 52.3 Å². The average molecular weight is 437 g/mol. The number of aryl methyl sites for hydroxylation is 1. The molecule has 0 fully saturated rings. The van der Waals surface area contributed by atoms with Crippen molar-refractivity contribution < 1.29 is 14.3 Å². The molecular weight excluding hydrogens is 418 g/mol. The number of nitrogens with one attached hydrogen (secondary N) is 2. The van der Waals surface area contributed by atoms with Gasteiger partial charge in [0, 0.05) is 30.9 Å². The summed E-state index contributed by atoms with van der Waals surface area (Å²) >= 11 is 1.31. The van der Waals surface area contributed by atoms with Crippen LogP contribution in [0.15, 0.2) is 30.7 Å². The summed E-state index contributed by atoms with van der Waals surface area (Å²) in [4.78, 5) is 31.8. The molecule has 4 heterocycles. The first kappa shape index (κ1) is 20.4. The number of hydrogen-bond acceptors (Lipinski definition) is 7. The van der Waals surface area contributed by atoms with Gasteiger partial charge < -0.3 is 20.3 Å². The summed E-state index contributed by atoms with van der Waals surface area (Å²) in [6.07, 6.45) is 5.18. The van der Waals surface area contributed by atoms with E-state index in [0.717, 1.165) is 10.4 Å². The van der Waals surface area contributed by atoms with Gasteiger partial charge in [0.05, 0.1) is 31.0 Å². The maximum atomic E-state index is 12.8. The molecule has 31 heavy (non-hydrogen) atoms. The lowest BCUT2D eigenvalue weighted by atomic mass is 10.0. The van der Waals surface area contributed by atoms with E-state index in [1.54, 1.807) is 36.5 Å². The first-order valence-electron chi connectivity index (χ1n) is 9.39. The SMILES string of the molecule is COc1ncccc1NC(=O)N1CCc2c(sc(NC(=O)c3cnn(C)c3)c2C#N)C1. The number of hydrogen-bond donors (Lipinski definition) is 2. The predicted octanol–water partition coefficient (Wildman–Crippen LogP) is 2.60. The zero-order valence-corrected chi connectivity index (χ0v) is 17.7. The van der Waals surface area contributed by atoms with Crippen molar-refractivity contribution in [2.75, 3.05) is 24.3 Å². The van der Waals surface area contributed by atoms with Gasteiger partial charge in [-0.05, 0) is 24.1 Å². The minimum absolute atomic E-state index is 0.287. The second-order valence-corrected chi connectivity index (χ2v) is 7.94. The number of fused-ring (bicyclic) bond motifs is 1. The predicted molar refractivity (Wildman–Crippen MR) is 114 cm³/mol. The Bertz CT molecular complexity index is 1190. The van der Waals surface area contributed by atoms with Gasteiger partial charge in [-0.25, -0.2) is 9.78 Å². The maximum absolute atomic E-state index is 12.8. The lowest BCUT2D eigenvalue weighted by molar-refractivity contribution is 0.102. The molecule has 3 amide bonds. The van der Waals surface area contributed by atoms with E-state index in [1.807, 2.05) is 0 Å². The fourth-order valence-electron chi connectivity index (χ4n) is 3.34. The molecule has 0 atom stereocenters. The Morgan fingerprint density at radius 1 is 1.35 bits per heavy atom. The topological polar surface area (TPSA) is 125 Å². The van der Waals surface area contributed by atoms with Crippen LogP contribution in [-0.2, 0) is 20.0 Å². The number of amides is 3. The van der Waals surface area contributed by atoms with Crippen molar-refractivity contribution in [1.82, 2.24) is 19.7 Å². The van der Waals surface area contributed by atoms with Gasteiger partial charge in [-0.15, -0.1) is 11.3 Å². The summed E-state index contributed by atoms with van der Waals surface area (Å²) in [5.41, 5.74) is 2.21. The lowest BCUT2D eigenvalue weighted by Crippen LogP contribution is -2.38. The molecule has 0 aliphatic carbocycles.